The van der Waals surface area contributed by atoms with Gasteiger partial charge in [0.2, 0.25) is 5.91 Å². The molecule has 0 saturated carbocycles. The molecule has 1 heterocycles. The van der Waals surface area contributed by atoms with Crippen molar-refractivity contribution < 1.29 is 14.3 Å². The van der Waals surface area contributed by atoms with Gasteiger partial charge in [0.05, 0.1) is 13.4 Å². The van der Waals surface area contributed by atoms with Crippen LogP contribution in [0.2, 0.25) is 0 Å². The number of ether oxygens (including phenoxy) is 1. The highest BCUT2D eigenvalue weighted by Crippen LogP contribution is 2.01. The largest absolute Gasteiger partial charge is 0.467 e. The molecule has 1 rings (SSSR count). The minimum Gasteiger partial charge on any atom is -0.467 e. The number of aromatic nitrogens is 2. The second-order valence-electron chi connectivity index (χ2n) is 3.82. The molecule has 4 N–H and O–H groups in total. The van der Waals surface area contributed by atoms with Crippen LogP contribution in [-0.2, 0) is 20.7 Å². The number of hydrogen-bond donors (Lipinski definition) is 3. The molecule has 0 aliphatic carbocycles. The highest BCUT2D eigenvalue weighted by molar-refractivity contribution is 5.84. The number of H-pyrrole nitrogens is 1. The molecule has 0 saturated heterocycles. The van der Waals surface area contributed by atoms with Crippen LogP contribution in [0.25, 0.3) is 0 Å². The molecule has 0 fully saturated rings. The Bertz CT molecular complexity index is 378. The minimum absolute atomic E-state index is 0.213. The van der Waals surface area contributed by atoms with E-state index in [-0.39, 0.29) is 5.91 Å². The number of carbonyl (C=O) groups excluding carboxylic acids is 2. The van der Waals surface area contributed by atoms with Crippen LogP contribution < -0.4 is 11.1 Å². The minimum atomic E-state index is -0.708. The normalized spacial score (nSPS) is 11.9. The number of imidazole rings is 1. The van der Waals surface area contributed by atoms with E-state index in [0.717, 1.165) is 5.69 Å². The van der Waals surface area contributed by atoms with Crippen molar-refractivity contribution in [2.75, 3.05) is 13.7 Å². The molecule has 1 aromatic rings. The molecule has 7 heteroatoms. The number of nitrogens with one attached hydrogen (secondary N) is 2. The van der Waals surface area contributed by atoms with Crippen LogP contribution in [0.15, 0.2) is 12.5 Å². The van der Waals surface area contributed by atoms with E-state index < -0.39 is 12.0 Å². The van der Waals surface area contributed by atoms with Crippen molar-refractivity contribution >= 4 is 11.9 Å². The van der Waals surface area contributed by atoms with Gasteiger partial charge in [0, 0.05) is 24.7 Å². The van der Waals surface area contributed by atoms with Crippen LogP contribution in [-0.4, -0.2) is 41.5 Å². The van der Waals surface area contributed by atoms with Crippen molar-refractivity contribution in [1.82, 2.24) is 15.3 Å². The monoisotopic (exact) mass is 254 g/mol. The van der Waals surface area contributed by atoms with Crippen molar-refractivity contribution in [2.24, 2.45) is 5.73 Å². The lowest BCUT2D eigenvalue weighted by atomic mass is 10.1. The van der Waals surface area contributed by atoms with Crippen LogP contribution in [0.1, 0.15) is 18.5 Å². The maximum absolute atomic E-state index is 11.6. The molecule has 0 aliphatic heterocycles. The van der Waals surface area contributed by atoms with E-state index in [4.69, 9.17) is 5.73 Å². The van der Waals surface area contributed by atoms with Gasteiger partial charge >= 0.3 is 5.97 Å². The summed E-state index contributed by atoms with van der Waals surface area (Å²) >= 11 is 0. The quantitative estimate of drug-likeness (QED) is 0.560. The number of nitrogens with two attached hydrogens (primary N) is 1. The van der Waals surface area contributed by atoms with Crippen molar-refractivity contribution in [3.8, 4) is 0 Å². The molecule has 0 unspecified atom stereocenters. The van der Waals surface area contributed by atoms with Crippen molar-refractivity contribution in [1.29, 1.82) is 0 Å². The second-order valence-corrected chi connectivity index (χ2v) is 3.82. The number of methoxy groups -OCH3 is 1. The Morgan fingerprint density at radius 2 is 2.39 bits per heavy atom. The first-order chi connectivity index (χ1) is 8.67. The molecule has 0 radical (unpaired) electrons. The number of nitrogens with zero attached hydrogens (tertiary/aromatic N) is 1. The summed E-state index contributed by atoms with van der Waals surface area (Å²) in [5.41, 5.74) is 6.07. The van der Waals surface area contributed by atoms with Crippen molar-refractivity contribution in [3.05, 3.63) is 18.2 Å². The Morgan fingerprint density at radius 1 is 1.61 bits per heavy atom. The molecular weight excluding hydrogens is 236 g/mol. The van der Waals surface area contributed by atoms with Gasteiger partial charge in [-0.3, -0.25) is 4.79 Å². The third-order valence-electron chi connectivity index (χ3n) is 2.41. The Hall–Kier alpha value is -1.89. The van der Waals surface area contributed by atoms with Crippen molar-refractivity contribution in [2.45, 2.75) is 25.3 Å². The SMILES string of the molecule is COC(=O)[C@H](Cc1cnc[nH]1)NC(=O)CCCN. The zero-order chi connectivity index (χ0) is 13.4. The summed E-state index contributed by atoms with van der Waals surface area (Å²) in [5, 5.41) is 2.62. The van der Waals surface area contributed by atoms with Gasteiger partial charge in [0.25, 0.3) is 0 Å². The van der Waals surface area contributed by atoms with Crippen LogP contribution in [0.4, 0.5) is 0 Å². The van der Waals surface area contributed by atoms with E-state index in [1.807, 2.05) is 0 Å². The molecule has 0 bridgehead atoms. The molecule has 0 aromatic carbocycles. The maximum Gasteiger partial charge on any atom is 0.328 e. The summed E-state index contributed by atoms with van der Waals surface area (Å²) in [6.45, 7) is 0.441. The molecule has 7 nitrogen and oxygen atoms in total. The van der Waals surface area contributed by atoms with E-state index in [9.17, 15) is 9.59 Å². The molecule has 18 heavy (non-hydrogen) atoms. The molecule has 0 aliphatic rings. The number of rotatable bonds is 7. The van der Waals surface area contributed by atoms with E-state index in [1.165, 1.54) is 13.4 Å². The molecule has 1 aromatic heterocycles. The van der Waals surface area contributed by atoms with E-state index >= 15 is 0 Å². The zero-order valence-electron chi connectivity index (χ0n) is 10.3. The molecular formula is C11H18N4O3. The topological polar surface area (TPSA) is 110 Å². The second kappa shape index (κ2) is 7.44. The summed E-state index contributed by atoms with van der Waals surface area (Å²) in [6, 6.07) is -0.708. The van der Waals surface area contributed by atoms with Gasteiger partial charge < -0.3 is 20.8 Å². The Kier molecular flexibility index (Phi) is 5.86. The van der Waals surface area contributed by atoms with E-state index in [0.29, 0.717) is 25.8 Å². The Labute approximate surface area is 105 Å². The van der Waals surface area contributed by atoms with Crippen LogP contribution in [0.5, 0.6) is 0 Å². The lowest BCUT2D eigenvalue weighted by Gasteiger charge is -2.15. The lowest BCUT2D eigenvalue weighted by molar-refractivity contribution is -0.145. The molecule has 100 valence electrons. The Morgan fingerprint density at radius 3 is 2.94 bits per heavy atom. The fourth-order valence-corrected chi connectivity index (χ4v) is 1.48. The first-order valence-electron chi connectivity index (χ1n) is 5.72. The van der Waals surface area contributed by atoms with Gasteiger partial charge in [-0.15, -0.1) is 0 Å². The van der Waals surface area contributed by atoms with Gasteiger partial charge in [0.15, 0.2) is 0 Å². The lowest BCUT2D eigenvalue weighted by Crippen LogP contribution is -2.43. The third kappa shape index (κ3) is 4.54. The van der Waals surface area contributed by atoms with Gasteiger partial charge in [0.1, 0.15) is 6.04 Å². The summed E-state index contributed by atoms with van der Waals surface area (Å²) < 4.78 is 4.65. The first-order valence-corrected chi connectivity index (χ1v) is 5.72. The average molecular weight is 254 g/mol. The highest BCUT2D eigenvalue weighted by atomic mass is 16.5. The highest BCUT2D eigenvalue weighted by Gasteiger charge is 2.22. The fourth-order valence-electron chi connectivity index (χ4n) is 1.48. The predicted octanol–water partition coefficient (Wildman–Crippen LogP) is -0.651. The van der Waals surface area contributed by atoms with E-state index in [2.05, 4.69) is 20.0 Å². The summed E-state index contributed by atoms with van der Waals surface area (Å²) in [7, 11) is 1.29. The average Bonchev–Trinajstić information content (AvgIpc) is 2.87. The number of hydrogen-bond acceptors (Lipinski definition) is 5. The Balaban J connectivity index is 2.55. The standard InChI is InChI=1S/C11H18N4O3/c1-18-11(17)9(5-8-6-13-7-14-8)15-10(16)3-2-4-12/h6-7,9H,2-5,12H2,1H3,(H,13,14)(H,15,16)/t9-/m0/s1. The van der Waals surface area contributed by atoms with Gasteiger partial charge in [-0.2, -0.15) is 0 Å². The van der Waals surface area contributed by atoms with Gasteiger partial charge in [-0.1, -0.05) is 0 Å². The number of carbonyl (C=O) groups is 2. The van der Waals surface area contributed by atoms with Crippen LogP contribution >= 0.6 is 0 Å². The van der Waals surface area contributed by atoms with E-state index in [1.54, 1.807) is 6.20 Å². The fraction of sp³-hybridized carbons (Fsp3) is 0.545. The van der Waals surface area contributed by atoms with Crippen LogP contribution in [0.3, 0.4) is 0 Å². The summed E-state index contributed by atoms with van der Waals surface area (Å²) in [5.74, 6) is -0.693. The van der Waals surface area contributed by atoms with Gasteiger partial charge in [-0.05, 0) is 13.0 Å². The first kappa shape index (κ1) is 14.2. The molecule has 1 atom stereocenters. The summed E-state index contributed by atoms with van der Waals surface area (Å²) in [4.78, 5) is 29.8. The number of amides is 1. The smallest absolute Gasteiger partial charge is 0.328 e. The van der Waals surface area contributed by atoms with Gasteiger partial charge in [-0.25, -0.2) is 9.78 Å². The predicted molar refractivity (Wildman–Crippen MR) is 64.5 cm³/mol. The van der Waals surface area contributed by atoms with Crippen LogP contribution in [0, 0.1) is 0 Å². The van der Waals surface area contributed by atoms with Crippen molar-refractivity contribution in [3.63, 3.8) is 0 Å². The number of aromatic amines is 1. The summed E-state index contributed by atoms with van der Waals surface area (Å²) in [6.07, 6.45) is 4.32. The third-order valence-corrected chi connectivity index (χ3v) is 2.41. The molecule has 0 spiro atoms. The number of esters is 1. The maximum atomic E-state index is 11.6. The zero-order valence-corrected chi connectivity index (χ0v) is 10.3. The molecule has 1 amide bonds.